The van der Waals surface area contributed by atoms with Crippen LogP contribution in [0.3, 0.4) is 0 Å². The molecule has 0 heterocycles. The Hall–Kier alpha value is -1.25. The largest absolute Gasteiger partial charge is 0.368 e. The second-order valence-corrected chi connectivity index (χ2v) is 5.87. The van der Waals surface area contributed by atoms with Crippen LogP contribution < -0.4 is 10.6 Å². The Morgan fingerprint density at radius 1 is 1.47 bits per heavy atom. The molecular weight excluding hydrogens is 236 g/mol. The SMILES string of the molecule is C=CN/C=C(/C)C(=O)NC1CC(C)C(C(C)CC)C1. The van der Waals surface area contributed by atoms with E-state index in [4.69, 9.17) is 0 Å². The number of hydrogen-bond donors (Lipinski definition) is 2. The Labute approximate surface area is 117 Å². The van der Waals surface area contributed by atoms with Gasteiger partial charge in [0.05, 0.1) is 0 Å². The molecule has 3 heteroatoms. The van der Waals surface area contributed by atoms with Crippen molar-refractivity contribution in [3.8, 4) is 0 Å². The third-order valence-corrected chi connectivity index (χ3v) is 4.43. The normalized spacial score (nSPS) is 28.8. The molecule has 0 aliphatic heterocycles. The lowest BCUT2D eigenvalue weighted by Gasteiger charge is -2.21. The van der Waals surface area contributed by atoms with Gasteiger partial charge in [-0.05, 0) is 43.7 Å². The fourth-order valence-electron chi connectivity index (χ4n) is 3.04. The summed E-state index contributed by atoms with van der Waals surface area (Å²) >= 11 is 0. The van der Waals surface area contributed by atoms with Crippen molar-refractivity contribution in [1.82, 2.24) is 10.6 Å². The number of carbonyl (C=O) groups excluding carboxylic acids is 1. The van der Waals surface area contributed by atoms with Crippen molar-refractivity contribution in [3.05, 3.63) is 24.6 Å². The van der Waals surface area contributed by atoms with Crippen molar-refractivity contribution in [2.24, 2.45) is 17.8 Å². The zero-order valence-corrected chi connectivity index (χ0v) is 12.7. The summed E-state index contributed by atoms with van der Waals surface area (Å²) in [4.78, 5) is 12.0. The second kappa shape index (κ2) is 7.37. The average molecular weight is 264 g/mol. The molecule has 0 aromatic rings. The molecule has 0 aromatic carbocycles. The van der Waals surface area contributed by atoms with Crippen molar-refractivity contribution in [2.75, 3.05) is 0 Å². The van der Waals surface area contributed by atoms with Crippen LogP contribution in [0.2, 0.25) is 0 Å². The maximum atomic E-state index is 12.0. The third-order valence-electron chi connectivity index (χ3n) is 4.43. The minimum atomic E-state index is 0.0244. The molecule has 0 radical (unpaired) electrons. The van der Waals surface area contributed by atoms with Crippen LogP contribution in [0.25, 0.3) is 0 Å². The molecule has 4 unspecified atom stereocenters. The number of amides is 1. The zero-order chi connectivity index (χ0) is 14.4. The highest BCUT2D eigenvalue weighted by molar-refractivity contribution is 5.92. The van der Waals surface area contributed by atoms with Crippen LogP contribution in [0, 0.1) is 17.8 Å². The number of carbonyl (C=O) groups is 1. The van der Waals surface area contributed by atoms with Crippen molar-refractivity contribution in [2.45, 2.75) is 53.0 Å². The molecule has 1 fully saturated rings. The molecule has 1 rings (SSSR count). The molecule has 4 atom stereocenters. The average Bonchev–Trinajstić information content (AvgIpc) is 2.75. The minimum absolute atomic E-state index is 0.0244. The van der Waals surface area contributed by atoms with E-state index in [2.05, 4.69) is 38.0 Å². The van der Waals surface area contributed by atoms with Crippen LogP contribution in [0.5, 0.6) is 0 Å². The molecule has 1 aliphatic rings. The van der Waals surface area contributed by atoms with Crippen molar-refractivity contribution >= 4 is 5.91 Å². The van der Waals surface area contributed by atoms with E-state index in [1.54, 1.807) is 12.4 Å². The summed E-state index contributed by atoms with van der Waals surface area (Å²) in [5.41, 5.74) is 0.694. The summed E-state index contributed by atoms with van der Waals surface area (Å²) in [5, 5.41) is 5.99. The Balaban J connectivity index is 2.51. The topological polar surface area (TPSA) is 41.1 Å². The Morgan fingerprint density at radius 3 is 2.74 bits per heavy atom. The Bertz CT molecular complexity index is 349. The molecule has 3 nitrogen and oxygen atoms in total. The molecule has 19 heavy (non-hydrogen) atoms. The number of rotatable bonds is 6. The van der Waals surface area contributed by atoms with E-state index >= 15 is 0 Å². The molecular formula is C16H28N2O. The highest BCUT2D eigenvalue weighted by atomic mass is 16.1. The van der Waals surface area contributed by atoms with Crippen LogP contribution in [0.15, 0.2) is 24.6 Å². The van der Waals surface area contributed by atoms with Crippen LogP contribution in [-0.2, 0) is 4.79 Å². The van der Waals surface area contributed by atoms with Gasteiger partial charge in [-0.15, -0.1) is 0 Å². The molecule has 0 spiro atoms. The summed E-state index contributed by atoms with van der Waals surface area (Å²) in [6.07, 6.45) is 6.69. The van der Waals surface area contributed by atoms with Gasteiger partial charge in [0.1, 0.15) is 0 Å². The molecule has 0 aromatic heterocycles. The molecule has 0 bridgehead atoms. The lowest BCUT2D eigenvalue weighted by Crippen LogP contribution is -2.34. The Morgan fingerprint density at radius 2 is 2.16 bits per heavy atom. The van der Waals surface area contributed by atoms with Gasteiger partial charge >= 0.3 is 0 Å². The van der Waals surface area contributed by atoms with E-state index in [9.17, 15) is 4.79 Å². The minimum Gasteiger partial charge on any atom is -0.368 e. The smallest absolute Gasteiger partial charge is 0.248 e. The van der Waals surface area contributed by atoms with Crippen LogP contribution in [0.1, 0.15) is 47.0 Å². The van der Waals surface area contributed by atoms with Gasteiger partial charge in [-0.2, -0.15) is 0 Å². The van der Waals surface area contributed by atoms with Gasteiger partial charge in [-0.1, -0.05) is 33.8 Å². The van der Waals surface area contributed by atoms with Gasteiger partial charge in [0, 0.05) is 17.8 Å². The van der Waals surface area contributed by atoms with E-state index < -0.39 is 0 Å². The van der Waals surface area contributed by atoms with Crippen molar-refractivity contribution in [3.63, 3.8) is 0 Å². The first kappa shape index (κ1) is 15.8. The third kappa shape index (κ3) is 4.41. The van der Waals surface area contributed by atoms with Gasteiger partial charge in [0.2, 0.25) is 5.91 Å². The summed E-state index contributed by atoms with van der Waals surface area (Å²) in [5.74, 6) is 2.22. The van der Waals surface area contributed by atoms with E-state index in [-0.39, 0.29) is 5.91 Å². The maximum absolute atomic E-state index is 12.0. The predicted octanol–water partition coefficient (Wildman–Crippen LogP) is 3.20. The predicted molar refractivity (Wildman–Crippen MR) is 80.4 cm³/mol. The van der Waals surface area contributed by atoms with E-state index in [0.29, 0.717) is 17.5 Å². The standard InChI is InChI=1S/C16H28N2O/c1-6-11(3)15-9-14(8-12(15)4)18-16(19)13(5)10-17-7-2/h7,10-12,14-15,17H,2,6,8-9H2,1,3-5H3,(H,18,19)/b13-10-. The number of hydrogen-bond acceptors (Lipinski definition) is 2. The highest BCUT2D eigenvalue weighted by Crippen LogP contribution is 2.38. The first-order chi connectivity index (χ1) is 8.99. The first-order valence-electron chi connectivity index (χ1n) is 7.34. The highest BCUT2D eigenvalue weighted by Gasteiger charge is 2.34. The summed E-state index contributed by atoms with van der Waals surface area (Å²) in [6, 6.07) is 0.327. The monoisotopic (exact) mass is 264 g/mol. The molecule has 108 valence electrons. The van der Waals surface area contributed by atoms with E-state index in [1.807, 2.05) is 6.92 Å². The number of nitrogens with one attached hydrogen (secondary N) is 2. The lowest BCUT2D eigenvalue weighted by molar-refractivity contribution is -0.118. The van der Waals surface area contributed by atoms with Crippen LogP contribution >= 0.6 is 0 Å². The molecule has 1 aliphatic carbocycles. The van der Waals surface area contributed by atoms with E-state index in [0.717, 1.165) is 24.7 Å². The van der Waals surface area contributed by atoms with Gasteiger partial charge in [-0.3, -0.25) is 4.79 Å². The molecule has 2 N–H and O–H groups in total. The van der Waals surface area contributed by atoms with Gasteiger partial charge < -0.3 is 10.6 Å². The molecule has 1 amide bonds. The van der Waals surface area contributed by atoms with Gasteiger partial charge in [0.15, 0.2) is 0 Å². The van der Waals surface area contributed by atoms with E-state index in [1.165, 1.54) is 6.42 Å². The van der Waals surface area contributed by atoms with Crippen molar-refractivity contribution in [1.29, 1.82) is 0 Å². The van der Waals surface area contributed by atoms with Crippen molar-refractivity contribution < 1.29 is 4.79 Å². The maximum Gasteiger partial charge on any atom is 0.248 e. The summed E-state index contributed by atoms with van der Waals surface area (Å²) in [7, 11) is 0. The molecule has 1 saturated carbocycles. The van der Waals surface area contributed by atoms with Gasteiger partial charge in [-0.25, -0.2) is 0 Å². The quantitative estimate of drug-likeness (QED) is 0.723. The van der Waals surface area contributed by atoms with Crippen LogP contribution in [-0.4, -0.2) is 11.9 Å². The van der Waals surface area contributed by atoms with Gasteiger partial charge in [0.25, 0.3) is 0 Å². The summed E-state index contributed by atoms with van der Waals surface area (Å²) < 4.78 is 0. The fourth-order valence-corrected chi connectivity index (χ4v) is 3.04. The first-order valence-corrected chi connectivity index (χ1v) is 7.34. The molecule has 0 saturated heterocycles. The Kier molecular flexibility index (Phi) is 6.13. The lowest BCUT2D eigenvalue weighted by atomic mass is 9.84. The second-order valence-electron chi connectivity index (χ2n) is 5.87. The van der Waals surface area contributed by atoms with Crippen LogP contribution in [0.4, 0.5) is 0 Å². The zero-order valence-electron chi connectivity index (χ0n) is 12.7. The summed E-state index contributed by atoms with van der Waals surface area (Å²) in [6.45, 7) is 12.3. The fraction of sp³-hybridized carbons (Fsp3) is 0.688.